The van der Waals surface area contributed by atoms with Crippen LogP contribution in [-0.4, -0.2) is 65.4 Å². The fourth-order valence-electron chi connectivity index (χ4n) is 4.25. The second kappa shape index (κ2) is 10.1. The largest absolute Gasteiger partial charge is 0.416 e. The molecule has 2 N–H and O–H groups in total. The maximum Gasteiger partial charge on any atom is 0.416 e. The number of alkyl halides is 3. The third kappa shape index (κ3) is 5.81. The van der Waals surface area contributed by atoms with Gasteiger partial charge in [0.15, 0.2) is 5.82 Å². The van der Waals surface area contributed by atoms with E-state index in [1.165, 1.54) is 12.1 Å². The van der Waals surface area contributed by atoms with Crippen molar-refractivity contribution >= 4 is 18.4 Å². The minimum absolute atomic E-state index is 0. The Hall–Kier alpha value is -2.37. The van der Waals surface area contributed by atoms with Crippen molar-refractivity contribution in [1.82, 2.24) is 19.9 Å². The van der Waals surface area contributed by atoms with Gasteiger partial charge in [-0.15, -0.1) is 12.4 Å². The number of halogens is 4. The van der Waals surface area contributed by atoms with E-state index >= 15 is 0 Å². The monoisotopic (exact) mass is 503 g/mol. The summed E-state index contributed by atoms with van der Waals surface area (Å²) in [5.41, 5.74) is 5.29. The van der Waals surface area contributed by atoms with Gasteiger partial charge in [-0.3, -0.25) is 0 Å². The predicted octanol–water partition coefficient (Wildman–Crippen LogP) is 3.73. The molecule has 2 atom stereocenters. The molecular weight excluding hydrogens is 475 g/mol. The highest BCUT2D eigenvalue weighted by Gasteiger charge is 2.37. The summed E-state index contributed by atoms with van der Waals surface area (Å²) in [5.74, 6) is 0.319. The molecule has 0 saturated carbocycles. The molecule has 12 heteroatoms. The van der Waals surface area contributed by atoms with Crippen LogP contribution in [0.3, 0.4) is 0 Å². The van der Waals surface area contributed by atoms with Gasteiger partial charge in [0.25, 0.3) is 0 Å². The molecule has 2 fully saturated rings. The molecule has 2 saturated heterocycles. The molecule has 0 bridgehead atoms. The molecule has 3 heterocycles. The lowest BCUT2D eigenvalue weighted by atomic mass is 9.84. The van der Waals surface area contributed by atoms with Crippen molar-refractivity contribution in [3.8, 4) is 0 Å². The van der Waals surface area contributed by atoms with Gasteiger partial charge < -0.3 is 24.8 Å². The fourth-order valence-corrected chi connectivity index (χ4v) is 4.25. The maximum atomic E-state index is 13.2. The fraction of sp³-hybridized carbons (Fsp3) is 0.591. The molecule has 1 aromatic heterocycles. The molecule has 2 aliphatic heterocycles. The van der Waals surface area contributed by atoms with E-state index in [-0.39, 0.29) is 30.3 Å². The lowest BCUT2D eigenvalue weighted by Crippen LogP contribution is -2.52. The number of nitrogens with zero attached hydrogens (tertiary/aromatic N) is 4. The van der Waals surface area contributed by atoms with Crippen LogP contribution in [-0.2, 0) is 16.5 Å². The average Bonchev–Trinajstić information content (AvgIpc) is 3.29. The lowest BCUT2D eigenvalue weighted by molar-refractivity contribution is -0.137. The summed E-state index contributed by atoms with van der Waals surface area (Å²) < 4.78 is 49.7. The van der Waals surface area contributed by atoms with Crippen molar-refractivity contribution in [3.05, 3.63) is 47.1 Å². The summed E-state index contributed by atoms with van der Waals surface area (Å²) in [7, 11) is 0. The van der Waals surface area contributed by atoms with E-state index in [4.69, 9.17) is 15.0 Å². The first-order valence-electron chi connectivity index (χ1n) is 10.9. The van der Waals surface area contributed by atoms with Gasteiger partial charge in [-0.25, -0.2) is 4.79 Å². The SMILES string of the molecule is CC(C)(N)c1nc(C2CC(c3ccc(C(F)(F)F)cc3)CN(C(=O)N3CCOCC3)C2)no1.Cl. The smallest absolute Gasteiger partial charge is 0.378 e. The number of carbonyl (C=O) groups excluding carboxylic acids is 1. The van der Waals surface area contributed by atoms with Gasteiger partial charge in [0.05, 0.1) is 24.3 Å². The number of urea groups is 1. The second-order valence-electron chi connectivity index (χ2n) is 9.22. The van der Waals surface area contributed by atoms with E-state index in [0.717, 1.165) is 17.7 Å². The van der Waals surface area contributed by atoms with Crippen LogP contribution in [0.15, 0.2) is 28.8 Å². The van der Waals surface area contributed by atoms with Crippen LogP contribution in [0.25, 0.3) is 0 Å². The molecule has 2 aliphatic rings. The zero-order chi connectivity index (χ0) is 23.8. The molecule has 188 valence electrons. The first-order chi connectivity index (χ1) is 15.5. The van der Waals surface area contributed by atoms with Crippen molar-refractivity contribution in [2.75, 3.05) is 39.4 Å². The van der Waals surface area contributed by atoms with Gasteiger partial charge in [-0.2, -0.15) is 18.2 Å². The van der Waals surface area contributed by atoms with Crippen molar-refractivity contribution in [1.29, 1.82) is 0 Å². The molecule has 0 aliphatic carbocycles. The van der Waals surface area contributed by atoms with Gasteiger partial charge in [0.1, 0.15) is 0 Å². The molecule has 0 radical (unpaired) electrons. The quantitative estimate of drug-likeness (QED) is 0.685. The first kappa shape index (κ1) is 26.2. The molecule has 0 spiro atoms. The van der Waals surface area contributed by atoms with E-state index in [0.29, 0.717) is 57.5 Å². The Bertz CT molecular complexity index is 971. The Balaban J connectivity index is 0.00000324. The topological polar surface area (TPSA) is 97.7 Å². The number of ether oxygens (including phenoxy) is 1. The minimum Gasteiger partial charge on any atom is -0.378 e. The van der Waals surface area contributed by atoms with E-state index in [1.54, 1.807) is 23.6 Å². The summed E-state index contributed by atoms with van der Waals surface area (Å²) >= 11 is 0. The molecular formula is C22H29ClF3N5O3. The van der Waals surface area contributed by atoms with Crippen molar-refractivity contribution in [3.63, 3.8) is 0 Å². The van der Waals surface area contributed by atoms with Crippen LogP contribution in [0, 0.1) is 0 Å². The first-order valence-corrected chi connectivity index (χ1v) is 10.9. The molecule has 8 nitrogen and oxygen atoms in total. The highest BCUT2D eigenvalue weighted by atomic mass is 35.5. The minimum atomic E-state index is -4.40. The number of carbonyl (C=O) groups is 1. The number of hydrogen-bond donors (Lipinski definition) is 1. The Morgan fingerprint density at radius 2 is 1.68 bits per heavy atom. The number of amides is 2. The number of piperidine rings is 1. The Morgan fingerprint density at radius 1 is 1.06 bits per heavy atom. The molecule has 2 unspecified atom stereocenters. The summed E-state index contributed by atoms with van der Waals surface area (Å²) in [6.45, 7) is 6.24. The van der Waals surface area contributed by atoms with Crippen LogP contribution in [0.5, 0.6) is 0 Å². The van der Waals surface area contributed by atoms with Gasteiger partial charge in [0.2, 0.25) is 5.89 Å². The van der Waals surface area contributed by atoms with E-state index in [1.807, 2.05) is 0 Å². The van der Waals surface area contributed by atoms with E-state index in [9.17, 15) is 18.0 Å². The van der Waals surface area contributed by atoms with Crippen LogP contribution in [0.4, 0.5) is 18.0 Å². The molecule has 2 aromatic rings. The van der Waals surface area contributed by atoms with Gasteiger partial charge >= 0.3 is 12.2 Å². The predicted molar refractivity (Wildman–Crippen MR) is 120 cm³/mol. The highest BCUT2D eigenvalue weighted by molar-refractivity contribution is 5.85. The van der Waals surface area contributed by atoms with Crippen molar-refractivity contribution in [2.45, 2.75) is 43.8 Å². The zero-order valence-corrected chi connectivity index (χ0v) is 19.9. The average molecular weight is 504 g/mol. The number of rotatable bonds is 3. The van der Waals surface area contributed by atoms with Crippen molar-refractivity contribution < 1.29 is 27.2 Å². The van der Waals surface area contributed by atoms with Crippen molar-refractivity contribution in [2.24, 2.45) is 5.73 Å². The summed E-state index contributed by atoms with van der Waals surface area (Å²) in [6, 6.07) is 5.01. The summed E-state index contributed by atoms with van der Waals surface area (Å²) in [5, 5.41) is 4.10. The van der Waals surface area contributed by atoms with E-state index in [2.05, 4.69) is 10.1 Å². The third-order valence-electron chi connectivity index (χ3n) is 6.07. The standard InChI is InChI=1S/C22H28F3N5O3.ClH/c1-21(2,26)19-27-18(28-33-19)16-11-15(14-3-5-17(6-4-14)22(23,24)25)12-30(13-16)20(31)29-7-9-32-10-8-29;/h3-6,15-16H,7-13,26H2,1-2H3;1H. The summed E-state index contributed by atoms with van der Waals surface area (Å²) in [4.78, 5) is 21.1. The molecule has 4 rings (SSSR count). The highest BCUT2D eigenvalue weighted by Crippen LogP contribution is 2.37. The number of nitrogens with two attached hydrogens (primary N) is 1. The number of morpholine rings is 1. The zero-order valence-electron chi connectivity index (χ0n) is 19.0. The third-order valence-corrected chi connectivity index (χ3v) is 6.07. The van der Waals surface area contributed by atoms with Crippen LogP contribution in [0.2, 0.25) is 0 Å². The number of hydrogen-bond acceptors (Lipinski definition) is 6. The second-order valence-corrected chi connectivity index (χ2v) is 9.22. The number of benzene rings is 1. The molecule has 34 heavy (non-hydrogen) atoms. The molecule has 2 amide bonds. The van der Waals surface area contributed by atoms with Crippen LogP contribution in [0.1, 0.15) is 54.9 Å². The summed E-state index contributed by atoms with van der Waals surface area (Å²) in [6.07, 6.45) is -3.83. The van der Waals surface area contributed by atoms with Gasteiger partial charge in [0, 0.05) is 38.0 Å². The van der Waals surface area contributed by atoms with Gasteiger partial charge in [-0.05, 0) is 38.0 Å². The van der Waals surface area contributed by atoms with Gasteiger partial charge in [-0.1, -0.05) is 17.3 Å². The lowest BCUT2D eigenvalue weighted by Gasteiger charge is -2.40. The molecule has 1 aromatic carbocycles. The number of aromatic nitrogens is 2. The maximum absolute atomic E-state index is 13.2. The Kier molecular flexibility index (Phi) is 7.79. The Labute approximate surface area is 202 Å². The normalized spacial score (nSPS) is 21.8. The Morgan fingerprint density at radius 3 is 2.24 bits per heavy atom. The number of likely N-dealkylation sites (tertiary alicyclic amines) is 1. The van der Waals surface area contributed by atoms with Crippen LogP contribution >= 0.6 is 12.4 Å². The van der Waals surface area contributed by atoms with Crippen LogP contribution < -0.4 is 5.73 Å². The van der Waals surface area contributed by atoms with E-state index < -0.39 is 17.3 Å².